The highest BCUT2D eigenvalue weighted by molar-refractivity contribution is 7.98. The molecule has 8 heteroatoms. The Balaban J connectivity index is 1.77. The number of aromatic nitrogens is 3. The zero-order valence-electron chi connectivity index (χ0n) is 11.1. The van der Waals surface area contributed by atoms with Crippen molar-refractivity contribution in [3.05, 3.63) is 11.6 Å². The van der Waals surface area contributed by atoms with Crippen LogP contribution in [0.25, 0.3) is 0 Å². The summed E-state index contributed by atoms with van der Waals surface area (Å²) in [5.74, 6) is 2.39. The first-order valence-corrected chi connectivity index (χ1v) is 7.79. The molecule has 1 atom stereocenters. The number of carbonyl (C=O) groups is 2. The maximum atomic E-state index is 10.8. The van der Waals surface area contributed by atoms with Crippen molar-refractivity contribution in [3.8, 4) is 0 Å². The van der Waals surface area contributed by atoms with Gasteiger partial charge in [0.2, 0.25) is 6.41 Å². The van der Waals surface area contributed by atoms with Gasteiger partial charge in [-0.1, -0.05) is 0 Å². The smallest absolute Gasteiger partial charge is 0.326 e. The average Bonchev–Trinajstić information content (AvgIpc) is 2.85. The molecule has 20 heavy (non-hydrogen) atoms. The molecular formula is C12H18N4O3S. The molecule has 1 amide bonds. The van der Waals surface area contributed by atoms with Crippen LogP contribution in [0, 0.1) is 0 Å². The molecule has 0 radical (unpaired) electrons. The molecule has 2 N–H and O–H groups in total. The molecule has 2 heterocycles. The van der Waals surface area contributed by atoms with E-state index in [0.29, 0.717) is 18.6 Å². The standard InChI is InChI=1S/C12H18N4O3S/c17-8-13-9(12(18)19)4-6-20-7-11-15-14-10-3-1-2-5-16(10)11/h8-9H,1-7H2,(H,13,17)(H,18,19). The van der Waals surface area contributed by atoms with Crippen LogP contribution in [0.4, 0.5) is 0 Å². The molecule has 1 aromatic rings. The predicted molar refractivity (Wildman–Crippen MR) is 74.4 cm³/mol. The van der Waals surface area contributed by atoms with Crippen LogP contribution in [0.15, 0.2) is 0 Å². The Kier molecular flexibility index (Phi) is 5.40. The fourth-order valence-electron chi connectivity index (χ4n) is 2.20. The molecule has 2 rings (SSSR count). The highest BCUT2D eigenvalue weighted by atomic mass is 32.2. The number of thioether (sulfide) groups is 1. The van der Waals surface area contributed by atoms with Crippen molar-refractivity contribution in [1.29, 1.82) is 0 Å². The Bertz CT molecular complexity index is 477. The Morgan fingerprint density at radius 1 is 1.50 bits per heavy atom. The molecule has 0 saturated heterocycles. The summed E-state index contributed by atoms with van der Waals surface area (Å²) in [6.45, 7) is 0.975. The van der Waals surface area contributed by atoms with Gasteiger partial charge < -0.3 is 15.0 Å². The second kappa shape index (κ2) is 7.28. The second-order valence-electron chi connectivity index (χ2n) is 4.66. The summed E-state index contributed by atoms with van der Waals surface area (Å²) in [6, 6.07) is -0.813. The summed E-state index contributed by atoms with van der Waals surface area (Å²) in [7, 11) is 0. The molecular weight excluding hydrogens is 280 g/mol. The van der Waals surface area contributed by atoms with Crippen LogP contribution >= 0.6 is 11.8 Å². The highest BCUT2D eigenvalue weighted by Crippen LogP contribution is 2.18. The molecule has 0 fully saturated rings. The molecule has 1 aliphatic heterocycles. The lowest BCUT2D eigenvalue weighted by Crippen LogP contribution is -2.36. The van der Waals surface area contributed by atoms with Gasteiger partial charge in [-0.25, -0.2) is 4.79 Å². The molecule has 1 aromatic heterocycles. The van der Waals surface area contributed by atoms with Crippen LogP contribution in [-0.4, -0.2) is 44.0 Å². The number of aliphatic carboxylic acids is 1. The molecule has 7 nitrogen and oxygen atoms in total. The first kappa shape index (κ1) is 14.8. The zero-order valence-corrected chi connectivity index (χ0v) is 11.9. The molecule has 110 valence electrons. The number of aryl methyl sites for hydroxylation is 1. The maximum Gasteiger partial charge on any atom is 0.326 e. The number of nitrogens with one attached hydrogen (secondary N) is 1. The second-order valence-corrected chi connectivity index (χ2v) is 5.76. The normalized spacial score (nSPS) is 15.4. The molecule has 1 aliphatic rings. The van der Waals surface area contributed by atoms with E-state index in [1.165, 1.54) is 6.42 Å². The Hall–Kier alpha value is -1.57. The van der Waals surface area contributed by atoms with E-state index in [1.807, 2.05) is 0 Å². The summed E-state index contributed by atoms with van der Waals surface area (Å²) in [5, 5.41) is 19.6. The third-order valence-electron chi connectivity index (χ3n) is 3.29. The van der Waals surface area contributed by atoms with E-state index in [0.717, 1.165) is 36.8 Å². The third kappa shape index (κ3) is 3.72. The maximum absolute atomic E-state index is 10.8. The van der Waals surface area contributed by atoms with E-state index < -0.39 is 12.0 Å². The quantitative estimate of drug-likeness (QED) is 0.534. The monoisotopic (exact) mass is 298 g/mol. The van der Waals surface area contributed by atoms with E-state index in [1.54, 1.807) is 11.8 Å². The minimum absolute atomic E-state index is 0.403. The van der Waals surface area contributed by atoms with Crippen molar-refractivity contribution >= 4 is 24.1 Å². The van der Waals surface area contributed by atoms with Crippen molar-refractivity contribution in [1.82, 2.24) is 20.1 Å². The summed E-state index contributed by atoms with van der Waals surface area (Å²) < 4.78 is 2.16. The molecule has 0 spiro atoms. The summed E-state index contributed by atoms with van der Waals surface area (Å²) in [6.07, 6.45) is 4.15. The van der Waals surface area contributed by atoms with Gasteiger partial charge in [-0.2, -0.15) is 11.8 Å². The topological polar surface area (TPSA) is 97.1 Å². The van der Waals surface area contributed by atoms with Crippen LogP contribution in [0.1, 0.15) is 30.9 Å². The molecule has 1 unspecified atom stereocenters. The van der Waals surface area contributed by atoms with Crippen LogP contribution in [0.3, 0.4) is 0 Å². The van der Waals surface area contributed by atoms with E-state index in [9.17, 15) is 9.59 Å². The molecule has 0 aliphatic carbocycles. The summed E-state index contributed by atoms with van der Waals surface area (Å²) in [4.78, 5) is 21.1. The van der Waals surface area contributed by atoms with Crippen LogP contribution in [-0.2, 0) is 28.3 Å². The lowest BCUT2D eigenvalue weighted by Gasteiger charge is -2.14. The van der Waals surface area contributed by atoms with Gasteiger partial charge in [0.15, 0.2) is 0 Å². The SMILES string of the molecule is O=CNC(CCSCc1nnc2n1CCCC2)C(=O)O. The van der Waals surface area contributed by atoms with Gasteiger partial charge in [0, 0.05) is 13.0 Å². The minimum Gasteiger partial charge on any atom is -0.480 e. The van der Waals surface area contributed by atoms with E-state index >= 15 is 0 Å². The zero-order chi connectivity index (χ0) is 14.4. The van der Waals surface area contributed by atoms with E-state index in [-0.39, 0.29) is 0 Å². The predicted octanol–water partition coefficient (Wildman–Crippen LogP) is 0.437. The van der Waals surface area contributed by atoms with Crippen LogP contribution in [0.5, 0.6) is 0 Å². The van der Waals surface area contributed by atoms with Gasteiger partial charge in [-0.05, 0) is 25.0 Å². The number of fused-ring (bicyclic) bond motifs is 1. The summed E-state index contributed by atoms with van der Waals surface area (Å²) in [5.41, 5.74) is 0. The van der Waals surface area contributed by atoms with Crippen molar-refractivity contribution < 1.29 is 14.7 Å². The Morgan fingerprint density at radius 2 is 2.35 bits per heavy atom. The number of carboxylic acid groups (broad SMARTS) is 1. The fourth-order valence-corrected chi connectivity index (χ4v) is 3.14. The molecule has 0 saturated carbocycles. The molecule has 0 bridgehead atoms. The van der Waals surface area contributed by atoms with Crippen LogP contribution in [0.2, 0.25) is 0 Å². The lowest BCUT2D eigenvalue weighted by atomic mass is 10.2. The van der Waals surface area contributed by atoms with E-state index in [4.69, 9.17) is 5.11 Å². The van der Waals surface area contributed by atoms with Gasteiger partial charge in [0.1, 0.15) is 17.7 Å². The number of rotatable bonds is 8. The number of nitrogens with zero attached hydrogens (tertiary/aromatic N) is 3. The van der Waals surface area contributed by atoms with Gasteiger partial charge in [-0.3, -0.25) is 4.79 Å². The number of carbonyl (C=O) groups excluding carboxylic acids is 1. The molecule has 0 aromatic carbocycles. The first-order chi connectivity index (χ1) is 9.72. The van der Waals surface area contributed by atoms with Crippen molar-refractivity contribution in [3.63, 3.8) is 0 Å². The summed E-state index contributed by atoms with van der Waals surface area (Å²) >= 11 is 1.61. The van der Waals surface area contributed by atoms with Gasteiger partial charge in [0.05, 0.1) is 5.75 Å². The highest BCUT2D eigenvalue weighted by Gasteiger charge is 2.17. The average molecular weight is 298 g/mol. The van der Waals surface area contributed by atoms with Gasteiger partial charge in [-0.15, -0.1) is 10.2 Å². The Labute approximate surface area is 121 Å². The fraction of sp³-hybridized carbons (Fsp3) is 0.667. The van der Waals surface area contributed by atoms with Crippen molar-refractivity contribution in [2.45, 2.75) is 44.0 Å². The van der Waals surface area contributed by atoms with Crippen LogP contribution < -0.4 is 5.32 Å². The number of hydrogen-bond donors (Lipinski definition) is 2. The third-order valence-corrected chi connectivity index (χ3v) is 4.27. The van der Waals surface area contributed by atoms with Crippen molar-refractivity contribution in [2.75, 3.05) is 5.75 Å². The number of amides is 1. The first-order valence-electron chi connectivity index (χ1n) is 6.63. The largest absolute Gasteiger partial charge is 0.480 e. The Morgan fingerprint density at radius 3 is 3.10 bits per heavy atom. The van der Waals surface area contributed by atoms with E-state index in [2.05, 4.69) is 20.1 Å². The number of carboxylic acids is 1. The van der Waals surface area contributed by atoms with Gasteiger partial charge in [0.25, 0.3) is 0 Å². The minimum atomic E-state index is -1.00. The number of hydrogen-bond acceptors (Lipinski definition) is 5. The van der Waals surface area contributed by atoms with Gasteiger partial charge >= 0.3 is 5.97 Å². The van der Waals surface area contributed by atoms with Crippen molar-refractivity contribution in [2.24, 2.45) is 0 Å². The lowest BCUT2D eigenvalue weighted by molar-refractivity contribution is -0.140.